The fraction of sp³-hybridized carbons (Fsp3) is 0.500. The summed E-state index contributed by atoms with van der Waals surface area (Å²) in [7, 11) is 1.35. The van der Waals surface area contributed by atoms with Crippen molar-refractivity contribution in [2.45, 2.75) is 50.5 Å². The number of esters is 1. The molecular weight excluding hydrogens is 336 g/mol. The topological polar surface area (TPSA) is 107 Å². The number of amides is 1. The molecule has 0 atom stereocenters. The maximum atomic E-state index is 12.4. The highest BCUT2D eigenvalue weighted by Gasteiger charge is 2.41. The van der Waals surface area contributed by atoms with Crippen molar-refractivity contribution in [1.29, 1.82) is 0 Å². The van der Waals surface area contributed by atoms with Gasteiger partial charge < -0.3 is 14.6 Å². The average molecular weight is 358 g/mol. The van der Waals surface area contributed by atoms with Gasteiger partial charge in [0.15, 0.2) is 0 Å². The molecule has 8 heteroatoms. The number of methoxy groups -OCH3 is 1. The van der Waals surface area contributed by atoms with Gasteiger partial charge in [0.2, 0.25) is 17.6 Å². The lowest BCUT2D eigenvalue weighted by molar-refractivity contribution is -0.152. The Hall–Kier alpha value is -2.77. The van der Waals surface area contributed by atoms with Gasteiger partial charge in [-0.2, -0.15) is 4.98 Å². The first-order valence-electron chi connectivity index (χ1n) is 8.75. The molecule has 8 nitrogen and oxygen atoms in total. The Kier molecular flexibility index (Phi) is 5.60. The Labute approximate surface area is 151 Å². The third-order valence-electron chi connectivity index (χ3n) is 4.63. The van der Waals surface area contributed by atoms with Crippen LogP contribution in [0.25, 0.3) is 11.4 Å². The molecule has 2 aromatic heterocycles. The van der Waals surface area contributed by atoms with Crippen molar-refractivity contribution in [2.75, 3.05) is 7.11 Å². The summed E-state index contributed by atoms with van der Waals surface area (Å²) in [6.45, 7) is 0. The quantitative estimate of drug-likeness (QED) is 0.788. The molecular formula is C18H22N4O4. The van der Waals surface area contributed by atoms with Gasteiger partial charge in [-0.15, -0.1) is 0 Å². The number of nitrogens with zero attached hydrogens (tertiary/aromatic N) is 3. The molecule has 0 bridgehead atoms. The number of carbonyl (C=O) groups excluding carboxylic acids is 2. The minimum absolute atomic E-state index is 0.163. The van der Waals surface area contributed by atoms with Crippen molar-refractivity contribution in [3.63, 3.8) is 0 Å². The standard InChI is InChI=1S/C18H22N4O4/c1-25-17(24)18(9-3-2-4-10-18)21-14(23)5-6-15-20-16(22-26-15)13-7-11-19-12-8-13/h7-8,11-12H,2-6,9-10H2,1H3,(H,21,23). The van der Waals surface area contributed by atoms with E-state index in [1.54, 1.807) is 24.5 Å². The summed E-state index contributed by atoms with van der Waals surface area (Å²) in [5, 5.41) is 6.80. The number of hydrogen-bond donors (Lipinski definition) is 1. The maximum absolute atomic E-state index is 12.4. The lowest BCUT2D eigenvalue weighted by atomic mass is 9.81. The molecule has 1 N–H and O–H groups in total. The molecule has 0 saturated heterocycles. The van der Waals surface area contributed by atoms with Crippen molar-refractivity contribution < 1.29 is 18.8 Å². The second-order valence-electron chi connectivity index (χ2n) is 6.43. The van der Waals surface area contributed by atoms with Gasteiger partial charge in [-0.1, -0.05) is 24.4 Å². The van der Waals surface area contributed by atoms with Gasteiger partial charge >= 0.3 is 5.97 Å². The minimum Gasteiger partial charge on any atom is -0.467 e. The fourth-order valence-corrected chi connectivity index (χ4v) is 3.26. The highest BCUT2D eigenvalue weighted by atomic mass is 16.5. The van der Waals surface area contributed by atoms with Gasteiger partial charge in [0, 0.05) is 30.8 Å². The number of rotatable bonds is 6. The summed E-state index contributed by atoms with van der Waals surface area (Å²) >= 11 is 0. The first-order chi connectivity index (χ1) is 12.6. The van der Waals surface area contributed by atoms with Crippen molar-refractivity contribution in [1.82, 2.24) is 20.4 Å². The first-order valence-corrected chi connectivity index (χ1v) is 8.75. The van der Waals surface area contributed by atoms with Gasteiger partial charge in [0.25, 0.3) is 0 Å². The second-order valence-corrected chi connectivity index (χ2v) is 6.43. The van der Waals surface area contributed by atoms with Crippen molar-refractivity contribution in [2.24, 2.45) is 0 Å². The van der Waals surface area contributed by atoms with Gasteiger partial charge in [0.05, 0.1) is 7.11 Å². The smallest absolute Gasteiger partial charge is 0.331 e. The molecule has 0 aliphatic heterocycles. The van der Waals surface area contributed by atoms with Gasteiger partial charge in [0.1, 0.15) is 5.54 Å². The Morgan fingerprint density at radius 2 is 1.96 bits per heavy atom. The molecule has 0 aromatic carbocycles. The van der Waals surface area contributed by atoms with Crippen LogP contribution in [0.15, 0.2) is 29.0 Å². The summed E-state index contributed by atoms with van der Waals surface area (Å²) in [6.07, 6.45) is 7.84. The number of hydrogen-bond acceptors (Lipinski definition) is 7. The molecule has 0 spiro atoms. The van der Waals surface area contributed by atoms with E-state index in [1.807, 2.05) is 0 Å². The van der Waals surface area contributed by atoms with Crippen LogP contribution in [0.2, 0.25) is 0 Å². The summed E-state index contributed by atoms with van der Waals surface area (Å²) in [5.74, 6) is 0.244. The molecule has 2 aromatic rings. The van der Waals surface area contributed by atoms with Crippen LogP contribution in [-0.2, 0) is 20.7 Å². The molecule has 138 valence electrons. The van der Waals surface area contributed by atoms with Crippen molar-refractivity contribution in [3.05, 3.63) is 30.4 Å². The van der Waals surface area contributed by atoms with E-state index < -0.39 is 5.54 Å². The van der Waals surface area contributed by atoms with E-state index in [9.17, 15) is 9.59 Å². The summed E-state index contributed by atoms with van der Waals surface area (Å²) in [4.78, 5) is 32.8. The van der Waals surface area contributed by atoms with E-state index in [-0.39, 0.29) is 18.3 Å². The molecule has 1 amide bonds. The zero-order valence-electron chi connectivity index (χ0n) is 14.7. The summed E-state index contributed by atoms with van der Waals surface area (Å²) in [6, 6.07) is 3.56. The molecule has 2 heterocycles. The summed E-state index contributed by atoms with van der Waals surface area (Å²) < 4.78 is 10.1. The molecule has 0 radical (unpaired) electrons. The molecule has 1 aliphatic carbocycles. The van der Waals surface area contributed by atoms with E-state index in [0.29, 0.717) is 31.0 Å². The van der Waals surface area contributed by atoms with Crippen LogP contribution in [0.3, 0.4) is 0 Å². The van der Waals surface area contributed by atoms with E-state index in [2.05, 4.69) is 20.4 Å². The molecule has 1 aliphatic rings. The second kappa shape index (κ2) is 8.07. The van der Waals surface area contributed by atoms with Gasteiger partial charge in [-0.25, -0.2) is 4.79 Å². The largest absolute Gasteiger partial charge is 0.467 e. The normalized spacial score (nSPS) is 16.0. The lowest BCUT2D eigenvalue weighted by Gasteiger charge is -2.35. The van der Waals surface area contributed by atoms with E-state index >= 15 is 0 Å². The number of carbonyl (C=O) groups is 2. The van der Waals surface area contributed by atoms with E-state index in [1.165, 1.54) is 7.11 Å². The maximum Gasteiger partial charge on any atom is 0.331 e. The van der Waals surface area contributed by atoms with Crippen molar-refractivity contribution in [3.8, 4) is 11.4 Å². The number of ether oxygens (including phenoxy) is 1. The third kappa shape index (κ3) is 4.07. The molecule has 26 heavy (non-hydrogen) atoms. The number of aromatic nitrogens is 3. The molecule has 1 saturated carbocycles. The first kappa shape index (κ1) is 18.0. The monoisotopic (exact) mass is 358 g/mol. The SMILES string of the molecule is COC(=O)C1(NC(=O)CCc2nc(-c3ccncc3)no2)CCCCC1. The third-order valence-corrected chi connectivity index (χ3v) is 4.63. The minimum atomic E-state index is -0.902. The van der Waals surface area contributed by atoms with Gasteiger partial charge in [-0.3, -0.25) is 9.78 Å². The predicted molar refractivity (Wildman–Crippen MR) is 91.8 cm³/mol. The van der Waals surface area contributed by atoms with Gasteiger partial charge in [-0.05, 0) is 25.0 Å². The Bertz CT molecular complexity index is 754. The summed E-state index contributed by atoms with van der Waals surface area (Å²) in [5.41, 5.74) is -0.104. The van der Waals surface area contributed by atoms with Crippen LogP contribution in [0.5, 0.6) is 0 Å². The van der Waals surface area contributed by atoms with Crippen LogP contribution in [0.4, 0.5) is 0 Å². The molecule has 1 fully saturated rings. The molecule has 3 rings (SSSR count). The Balaban J connectivity index is 1.58. The Morgan fingerprint density at radius 3 is 2.65 bits per heavy atom. The van der Waals surface area contributed by atoms with E-state index in [4.69, 9.17) is 9.26 Å². The highest BCUT2D eigenvalue weighted by molar-refractivity contribution is 5.88. The predicted octanol–water partition coefficient (Wildman–Crippen LogP) is 2.06. The number of aryl methyl sites for hydroxylation is 1. The Morgan fingerprint density at radius 1 is 1.23 bits per heavy atom. The number of nitrogens with one attached hydrogen (secondary N) is 1. The fourth-order valence-electron chi connectivity index (χ4n) is 3.26. The zero-order chi connectivity index (χ0) is 18.4. The lowest BCUT2D eigenvalue weighted by Crippen LogP contribution is -2.56. The van der Waals surface area contributed by atoms with Crippen LogP contribution in [0, 0.1) is 0 Å². The van der Waals surface area contributed by atoms with Crippen molar-refractivity contribution >= 4 is 11.9 Å². The van der Waals surface area contributed by atoms with Crippen LogP contribution < -0.4 is 5.32 Å². The average Bonchev–Trinajstić information content (AvgIpc) is 3.16. The van der Waals surface area contributed by atoms with Crippen LogP contribution >= 0.6 is 0 Å². The zero-order valence-corrected chi connectivity index (χ0v) is 14.7. The van der Waals surface area contributed by atoms with Crippen LogP contribution in [-0.4, -0.2) is 39.6 Å². The van der Waals surface area contributed by atoms with E-state index in [0.717, 1.165) is 24.8 Å². The highest BCUT2D eigenvalue weighted by Crippen LogP contribution is 2.29. The molecule has 0 unspecified atom stereocenters. The number of pyridine rings is 1. The van der Waals surface area contributed by atoms with Crippen LogP contribution in [0.1, 0.15) is 44.4 Å².